The Bertz CT molecular complexity index is 273. The van der Waals surface area contributed by atoms with Crippen molar-refractivity contribution in [1.82, 2.24) is 4.90 Å². The lowest BCUT2D eigenvalue weighted by atomic mass is 9.73. The summed E-state index contributed by atoms with van der Waals surface area (Å²) in [4.78, 5) is 2.72. The van der Waals surface area contributed by atoms with Gasteiger partial charge in [0.15, 0.2) is 0 Å². The number of hydrogen-bond donors (Lipinski definition) is 1. The third kappa shape index (κ3) is 4.21. The predicted molar refractivity (Wildman–Crippen MR) is 85.7 cm³/mol. The van der Waals surface area contributed by atoms with E-state index in [0.717, 1.165) is 24.9 Å². The van der Waals surface area contributed by atoms with E-state index in [1.165, 1.54) is 38.6 Å². The number of aliphatic hydroxyl groups is 1. The van der Waals surface area contributed by atoms with Crippen LogP contribution >= 0.6 is 0 Å². The van der Waals surface area contributed by atoms with E-state index in [-0.39, 0.29) is 6.10 Å². The van der Waals surface area contributed by atoms with Crippen molar-refractivity contribution in [1.29, 1.82) is 0 Å². The van der Waals surface area contributed by atoms with E-state index < -0.39 is 0 Å². The van der Waals surface area contributed by atoms with E-state index in [2.05, 4.69) is 32.6 Å². The minimum absolute atomic E-state index is 0.0789. The van der Waals surface area contributed by atoms with Crippen LogP contribution < -0.4 is 0 Å². The van der Waals surface area contributed by atoms with Gasteiger partial charge in [-0.2, -0.15) is 0 Å². The van der Waals surface area contributed by atoms with Gasteiger partial charge in [0.25, 0.3) is 0 Å². The Kier molecular flexibility index (Phi) is 5.92. The van der Waals surface area contributed by atoms with Crippen LogP contribution in [0.3, 0.4) is 0 Å². The fourth-order valence-corrected chi connectivity index (χ4v) is 4.56. The first-order valence-electron chi connectivity index (χ1n) is 8.89. The molecule has 0 aromatic carbocycles. The van der Waals surface area contributed by atoms with Crippen molar-refractivity contribution in [2.24, 2.45) is 23.7 Å². The summed E-state index contributed by atoms with van der Waals surface area (Å²) in [6.45, 7) is 11.6. The van der Waals surface area contributed by atoms with Gasteiger partial charge < -0.3 is 5.11 Å². The topological polar surface area (TPSA) is 23.5 Å². The van der Waals surface area contributed by atoms with Gasteiger partial charge in [0.1, 0.15) is 0 Å². The minimum atomic E-state index is -0.0789. The summed E-state index contributed by atoms with van der Waals surface area (Å²) >= 11 is 0. The summed E-state index contributed by atoms with van der Waals surface area (Å²) in [5.41, 5.74) is 0. The number of hydrogen-bond acceptors (Lipinski definition) is 2. The maximum atomic E-state index is 10.5. The molecule has 0 aromatic rings. The maximum absolute atomic E-state index is 10.5. The Balaban J connectivity index is 1.98. The van der Waals surface area contributed by atoms with Gasteiger partial charge in [-0.1, -0.05) is 40.5 Å². The van der Waals surface area contributed by atoms with Crippen LogP contribution in [-0.2, 0) is 0 Å². The molecule has 2 saturated carbocycles. The third-order valence-corrected chi connectivity index (χ3v) is 5.53. The lowest BCUT2D eigenvalue weighted by Gasteiger charge is -2.41. The van der Waals surface area contributed by atoms with Crippen molar-refractivity contribution in [2.45, 2.75) is 78.4 Å². The average Bonchev–Trinajstić information content (AvgIpc) is 2.85. The molecule has 0 aliphatic heterocycles. The van der Waals surface area contributed by atoms with Crippen LogP contribution in [-0.4, -0.2) is 35.2 Å². The molecule has 2 nitrogen and oxygen atoms in total. The summed E-state index contributed by atoms with van der Waals surface area (Å²) < 4.78 is 0. The highest BCUT2D eigenvalue weighted by molar-refractivity contribution is 4.87. The van der Waals surface area contributed by atoms with Crippen molar-refractivity contribution in [2.75, 3.05) is 13.1 Å². The van der Waals surface area contributed by atoms with Crippen molar-refractivity contribution in [3.8, 4) is 0 Å². The SMILES string of the molecule is CC(C)CN(CC1C(C)CC(C)CC1O)C1CCCC1. The lowest BCUT2D eigenvalue weighted by Crippen LogP contribution is -2.46. The van der Waals surface area contributed by atoms with Gasteiger partial charge in [0.2, 0.25) is 0 Å². The number of aliphatic hydroxyl groups excluding tert-OH is 1. The molecule has 2 aliphatic rings. The van der Waals surface area contributed by atoms with E-state index >= 15 is 0 Å². The van der Waals surface area contributed by atoms with Crippen LogP contribution in [0.1, 0.15) is 66.2 Å². The van der Waals surface area contributed by atoms with Crippen LogP contribution in [0.2, 0.25) is 0 Å². The molecular formula is C18H35NO. The zero-order valence-electron chi connectivity index (χ0n) is 14.0. The van der Waals surface area contributed by atoms with Crippen molar-refractivity contribution in [3.63, 3.8) is 0 Å². The average molecular weight is 281 g/mol. The first kappa shape index (κ1) is 16.3. The molecule has 0 spiro atoms. The predicted octanol–water partition coefficient (Wildman–Crippen LogP) is 3.93. The molecule has 0 radical (unpaired) electrons. The van der Waals surface area contributed by atoms with E-state index in [1.807, 2.05) is 0 Å². The summed E-state index contributed by atoms with van der Waals surface area (Å²) in [6.07, 6.45) is 7.78. The summed E-state index contributed by atoms with van der Waals surface area (Å²) in [6, 6.07) is 0.788. The first-order chi connectivity index (χ1) is 9.47. The summed E-state index contributed by atoms with van der Waals surface area (Å²) in [7, 11) is 0. The normalized spacial score (nSPS) is 36.1. The van der Waals surface area contributed by atoms with Crippen molar-refractivity contribution >= 4 is 0 Å². The molecule has 2 rings (SSSR count). The van der Waals surface area contributed by atoms with Gasteiger partial charge in [-0.15, -0.1) is 0 Å². The monoisotopic (exact) mass is 281 g/mol. The Labute approximate surface area is 125 Å². The second kappa shape index (κ2) is 7.26. The summed E-state index contributed by atoms with van der Waals surface area (Å²) in [5.74, 6) is 2.59. The molecule has 2 heteroatoms. The van der Waals surface area contributed by atoms with Crippen LogP contribution in [0.4, 0.5) is 0 Å². The van der Waals surface area contributed by atoms with Crippen LogP contribution in [0, 0.1) is 23.7 Å². The zero-order valence-corrected chi connectivity index (χ0v) is 14.0. The quantitative estimate of drug-likeness (QED) is 0.825. The molecule has 4 unspecified atom stereocenters. The number of nitrogens with zero attached hydrogens (tertiary/aromatic N) is 1. The van der Waals surface area contributed by atoms with E-state index in [0.29, 0.717) is 17.8 Å². The Morgan fingerprint density at radius 2 is 1.75 bits per heavy atom. The van der Waals surface area contributed by atoms with Gasteiger partial charge >= 0.3 is 0 Å². The Morgan fingerprint density at radius 3 is 2.30 bits per heavy atom. The molecule has 0 saturated heterocycles. The van der Waals surface area contributed by atoms with Gasteiger partial charge in [-0.3, -0.25) is 4.90 Å². The highest BCUT2D eigenvalue weighted by Gasteiger charge is 2.35. The molecule has 0 bridgehead atoms. The molecule has 2 fully saturated rings. The molecule has 0 heterocycles. The third-order valence-electron chi connectivity index (χ3n) is 5.53. The smallest absolute Gasteiger partial charge is 0.0585 e. The Morgan fingerprint density at radius 1 is 1.10 bits per heavy atom. The molecular weight excluding hydrogens is 246 g/mol. The first-order valence-corrected chi connectivity index (χ1v) is 8.89. The van der Waals surface area contributed by atoms with Gasteiger partial charge in [0.05, 0.1) is 6.10 Å². The lowest BCUT2D eigenvalue weighted by molar-refractivity contribution is -0.0109. The molecule has 4 atom stereocenters. The molecule has 0 amide bonds. The minimum Gasteiger partial charge on any atom is -0.393 e. The van der Waals surface area contributed by atoms with E-state index in [9.17, 15) is 5.11 Å². The number of rotatable bonds is 5. The maximum Gasteiger partial charge on any atom is 0.0585 e. The van der Waals surface area contributed by atoms with Gasteiger partial charge in [-0.05, 0) is 43.4 Å². The largest absolute Gasteiger partial charge is 0.393 e. The molecule has 0 aromatic heterocycles. The van der Waals surface area contributed by atoms with E-state index in [4.69, 9.17) is 0 Å². The standard InChI is InChI=1S/C18H35NO/c1-13(2)11-19(16-7-5-6-8-16)12-17-15(4)9-14(3)10-18(17)20/h13-18,20H,5-12H2,1-4H3. The van der Waals surface area contributed by atoms with Gasteiger partial charge in [-0.25, -0.2) is 0 Å². The second-order valence-electron chi connectivity index (χ2n) is 8.07. The highest BCUT2D eigenvalue weighted by atomic mass is 16.3. The zero-order chi connectivity index (χ0) is 14.7. The Hall–Kier alpha value is -0.0800. The molecule has 118 valence electrons. The van der Waals surface area contributed by atoms with Crippen molar-refractivity contribution in [3.05, 3.63) is 0 Å². The van der Waals surface area contributed by atoms with E-state index in [1.54, 1.807) is 0 Å². The fourth-order valence-electron chi connectivity index (χ4n) is 4.56. The molecule has 1 N–H and O–H groups in total. The fraction of sp³-hybridized carbons (Fsp3) is 1.00. The molecule has 20 heavy (non-hydrogen) atoms. The summed E-state index contributed by atoms with van der Waals surface area (Å²) in [5, 5.41) is 10.5. The van der Waals surface area contributed by atoms with Crippen LogP contribution in [0.25, 0.3) is 0 Å². The van der Waals surface area contributed by atoms with Crippen LogP contribution in [0.15, 0.2) is 0 Å². The highest BCUT2D eigenvalue weighted by Crippen LogP contribution is 2.35. The van der Waals surface area contributed by atoms with Crippen LogP contribution in [0.5, 0.6) is 0 Å². The van der Waals surface area contributed by atoms with Crippen molar-refractivity contribution < 1.29 is 5.11 Å². The second-order valence-corrected chi connectivity index (χ2v) is 8.07. The van der Waals surface area contributed by atoms with Gasteiger partial charge in [0, 0.05) is 25.0 Å². The molecule has 2 aliphatic carbocycles.